The normalized spacial score (nSPS) is 29.9. The summed E-state index contributed by atoms with van der Waals surface area (Å²) in [7, 11) is -2.68. The summed E-state index contributed by atoms with van der Waals surface area (Å²) in [6.45, 7) is 13.6. The molecule has 140 valence electrons. The van der Waals surface area contributed by atoms with E-state index >= 15 is 0 Å². The third-order valence-electron chi connectivity index (χ3n) is 5.06. The number of fused-ring (bicyclic) bond motifs is 2. The van der Waals surface area contributed by atoms with Crippen LogP contribution >= 0.6 is 0 Å². The van der Waals surface area contributed by atoms with Gasteiger partial charge in [0, 0.05) is 25.4 Å². The van der Waals surface area contributed by atoms with Gasteiger partial charge in [-0.3, -0.25) is 4.79 Å². The molecule has 2 fully saturated rings. The van der Waals surface area contributed by atoms with Crippen molar-refractivity contribution >= 4 is 14.8 Å². The van der Waals surface area contributed by atoms with Gasteiger partial charge in [-0.05, 0) is 72.6 Å². The smallest absolute Gasteiger partial charge is 0.460 e. The Hall–Kier alpha value is -0.433. The zero-order chi connectivity index (χ0) is 18.0. The lowest BCUT2D eigenvalue weighted by Crippen LogP contribution is -2.52. The number of esters is 1. The topological polar surface area (TPSA) is 54.0 Å². The minimum atomic E-state index is -2.68. The number of rotatable bonds is 8. The summed E-state index contributed by atoms with van der Waals surface area (Å²) in [6.07, 6.45) is 2.91. The molecular weight excluding hydrogens is 324 g/mol. The fourth-order valence-electron chi connectivity index (χ4n) is 4.42. The third kappa shape index (κ3) is 4.21. The quantitative estimate of drug-likeness (QED) is 0.488. The van der Waals surface area contributed by atoms with Crippen molar-refractivity contribution in [3.05, 3.63) is 0 Å². The van der Waals surface area contributed by atoms with E-state index in [0.29, 0.717) is 37.2 Å². The zero-order valence-electron chi connectivity index (χ0n) is 16.1. The lowest BCUT2D eigenvalue weighted by molar-refractivity contribution is -0.162. The van der Waals surface area contributed by atoms with E-state index in [1.807, 2.05) is 41.5 Å². The van der Waals surface area contributed by atoms with Gasteiger partial charge in [0.1, 0.15) is 5.60 Å². The SMILES string of the molecule is CCO[Si](OCC)(OCC)C1CC2CC1CC2C(=O)OC(C)(C)C. The second-order valence-corrected chi connectivity index (χ2v) is 10.7. The highest BCUT2D eigenvalue weighted by Crippen LogP contribution is 2.58. The van der Waals surface area contributed by atoms with Crippen LogP contribution in [-0.2, 0) is 22.8 Å². The van der Waals surface area contributed by atoms with E-state index in [0.717, 1.165) is 19.3 Å². The van der Waals surface area contributed by atoms with E-state index in [9.17, 15) is 4.79 Å². The molecule has 0 aromatic rings. The predicted molar refractivity (Wildman–Crippen MR) is 94.5 cm³/mol. The number of ether oxygens (including phenoxy) is 1. The summed E-state index contributed by atoms with van der Waals surface area (Å²) < 4.78 is 23.9. The molecule has 2 aliphatic carbocycles. The van der Waals surface area contributed by atoms with E-state index < -0.39 is 14.4 Å². The molecule has 0 aliphatic heterocycles. The van der Waals surface area contributed by atoms with Gasteiger partial charge < -0.3 is 18.0 Å². The molecule has 0 N–H and O–H groups in total. The predicted octanol–water partition coefficient (Wildman–Crippen LogP) is 3.79. The van der Waals surface area contributed by atoms with Crippen LogP contribution in [0.2, 0.25) is 5.54 Å². The van der Waals surface area contributed by atoms with Crippen LogP contribution in [0.1, 0.15) is 60.8 Å². The first-order chi connectivity index (χ1) is 11.3. The average Bonchev–Trinajstić information content (AvgIpc) is 3.06. The van der Waals surface area contributed by atoms with Crippen molar-refractivity contribution in [1.29, 1.82) is 0 Å². The fourth-order valence-corrected chi connectivity index (χ4v) is 7.96. The van der Waals surface area contributed by atoms with Crippen molar-refractivity contribution in [2.24, 2.45) is 17.8 Å². The molecule has 6 heteroatoms. The monoisotopic (exact) mass is 358 g/mol. The van der Waals surface area contributed by atoms with E-state index in [2.05, 4.69) is 0 Å². The van der Waals surface area contributed by atoms with Gasteiger partial charge >= 0.3 is 14.8 Å². The van der Waals surface area contributed by atoms with Gasteiger partial charge in [0.05, 0.1) is 5.92 Å². The summed E-state index contributed by atoms with van der Waals surface area (Å²) in [5.74, 6) is 0.818. The maximum absolute atomic E-state index is 12.5. The molecule has 2 rings (SSSR count). The minimum Gasteiger partial charge on any atom is -0.460 e. The van der Waals surface area contributed by atoms with Crippen LogP contribution in [0.25, 0.3) is 0 Å². The molecule has 4 atom stereocenters. The van der Waals surface area contributed by atoms with Gasteiger partial charge in [0.2, 0.25) is 0 Å². The van der Waals surface area contributed by atoms with Crippen LogP contribution in [0, 0.1) is 17.8 Å². The first-order valence-corrected chi connectivity index (χ1v) is 11.2. The van der Waals surface area contributed by atoms with Crippen molar-refractivity contribution in [2.75, 3.05) is 19.8 Å². The summed E-state index contributed by atoms with van der Waals surface area (Å²) in [5.41, 5.74) is -0.0975. The van der Waals surface area contributed by atoms with Crippen molar-refractivity contribution < 1.29 is 22.8 Å². The van der Waals surface area contributed by atoms with E-state index in [4.69, 9.17) is 18.0 Å². The lowest BCUT2D eigenvalue weighted by atomic mass is 9.88. The van der Waals surface area contributed by atoms with Gasteiger partial charge in [-0.25, -0.2) is 0 Å². The minimum absolute atomic E-state index is 0.0297. The van der Waals surface area contributed by atoms with Crippen molar-refractivity contribution in [3.8, 4) is 0 Å². The Morgan fingerprint density at radius 2 is 1.46 bits per heavy atom. The molecule has 5 nitrogen and oxygen atoms in total. The van der Waals surface area contributed by atoms with Crippen LogP contribution in [0.4, 0.5) is 0 Å². The Morgan fingerprint density at radius 1 is 0.917 bits per heavy atom. The van der Waals surface area contributed by atoms with Crippen LogP contribution in [0.15, 0.2) is 0 Å². The molecule has 0 aromatic heterocycles. The molecule has 2 bridgehead atoms. The van der Waals surface area contributed by atoms with Crippen molar-refractivity contribution in [1.82, 2.24) is 0 Å². The molecule has 0 spiro atoms. The Bertz CT molecular complexity index is 417. The Kier molecular flexibility index (Phi) is 6.50. The number of carbonyl (C=O) groups is 1. The lowest BCUT2D eigenvalue weighted by Gasteiger charge is -2.38. The summed E-state index contributed by atoms with van der Waals surface area (Å²) in [4.78, 5) is 12.5. The number of hydrogen-bond donors (Lipinski definition) is 0. The average molecular weight is 359 g/mol. The second kappa shape index (κ2) is 7.85. The van der Waals surface area contributed by atoms with Crippen LogP contribution < -0.4 is 0 Å². The summed E-state index contributed by atoms with van der Waals surface area (Å²) >= 11 is 0. The summed E-state index contributed by atoms with van der Waals surface area (Å²) in [6, 6.07) is 0. The van der Waals surface area contributed by atoms with Gasteiger partial charge in [-0.2, -0.15) is 0 Å². The number of hydrogen-bond acceptors (Lipinski definition) is 5. The molecule has 4 unspecified atom stereocenters. The highest BCUT2D eigenvalue weighted by Gasteiger charge is 2.61. The van der Waals surface area contributed by atoms with Crippen LogP contribution in [-0.4, -0.2) is 40.2 Å². The molecule has 0 radical (unpaired) electrons. The van der Waals surface area contributed by atoms with Gasteiger partial charge in [0.15, 0.2) is 0 Å². The van der Waals surface area contributed by atoms with Gasteiger partial charge in [0.25, 0.3) is 0 Å². The standard InChI is InChI=1S/C18H34O5Si/c1-7-20-24(21-8-2,22-9-3)16-12-13-10-14(16)11-15(13)17(19)23-18(4,5)6/h13-16H,7-12H2,1-6H3. The number of carbonyl (C=O) groups excluding carboxylic acids is 1. The van der Waals surface area contributed by atoms with Crippen molar-refractivity contribution in [3.63, 3.8) is 0 Å². The maximum atomic E-state index is 12.5. The van der Waals surface area contributed by atoms with E-state index in [1.54, 1.807) is 0 Å². The molecule has 0 aromatic carbocycles. The Morgan fingerprint density at radius 3 is 1.83 bits per heavy atom. The molecule has 2 saturated carbocycles. The molecular formula is C18H34O5Si. The highest BCUT2D eigenvalue weighted by molar-refractivity contribution is 6.62. The fraction of sp³-hybridized carbons (Fsp3) is 0.944. The maximum Gasteiger partial charge on any atom is 0.504 e. The molecule has 2 aliphatic rings. The van der Waals surface area contributed by atoms with Crippen LogP contribution in [0.5, 0.6) is 0 Å². The molecule has 0 heterocycles. The molecule has 0 amide bonds. The largest absolute Gasteiger partial charge is 0.504 e. The third-order valence-corrected chi connectivity index (χ3v) is 8.75. The molecule has 0 saturated heterocycles. The van der Waals surface area contributed by atoms with Gasteiger partial charge in [-0.1, -0.05) is 0 Å². The molecule has 24 heavy (non-hydrogen) atoms. The zero-order valence-corrected chi connectivity index (χ0v) is 17.1. The van der Waals surface area contributed by atoms with Crippen molar-refractivity contribution in [2.45, 2.75) is 71.9 Å². The second-order valence-electron chi connectivity index (χ2n) is 7.88. The van der Waals surface area contributed by atoms with E-state index in [-0.39, 0.29) is 11.9 Å². The first kappa shape index (κ1) is 19.9. The summed E-state index contributed by atoms with van der Waals surface area (Å²) in [5, 5.41) is 0. The Labute approximate surface area is 147 Å². The highest BCUT2D eigenvalue weighted by atomic mass is 28.4. The first-order valence-electron chi connectivity index (χ1n) is 9.41. The Balaban J connectivity index is 2.08. The van der Waals surface area contributed by atoms with Gasteiger partial charge in [-0.15, -0.1) is 0 Å². The van der Waals surface area contributed by atoms with E-state index in [1.165, 1.54) is 0 Å². The van der Waals surface area contributed by atoms with Crippen LogP contribution in [0.3, 0.4) is 0 Å².